The normalized spacial score (nSPS) is 22.7. The largest absolute Gasteiger partial charge is 0.488 e. The standard InChI is InChI=1S/C24H38N4O4S.H2O/c1-24(2,3)32-23(29)28-10-6-17(7-11-28)20-14-18-15-22(25-16-21(18)31-20)27-12-8-19(9-13-27)26(4)33(5)30;/h15-17,19-20H,6-14H2,1-5H3;1H2. The van der Waals surface area contributed by atoms with E-state index in [1.165, 1.54) is 5.56 Å². The molecule has 4 heterocycles. The van der Waals surface area contributed by atoms with Crippen LogP contribution in [0.15, 0.2) is 12.3 Å². The fourth-order valence-electron chi connectivity index (χ4n) is 5.04. The molecule has 2 fully saturated rings. The number of carbonyl (C=O) groups is 1. The monoisotopic (exact) mass is 496 g/mol. The lowest BCUT2D eigenvalue weighted by Gasteiger charge is -2.36. The molecule has 192 valence electrons. The van der Waals surface area contributed by atoms with Crippen molar-refractivity contribution in [2.24, 2.45) is 5.92 Å². The predicted octanol–water partition coefficient (Wildman–Crippen LogP) is 2.40. The summed E-state index contributed by atoms with van der Waals surface area (Å²) in [4.78, 5) is 21.2. The summed E-state index contributed by atoms with van der Waals surface area (Å²) in [6, 6.07) is 2.55. The Morgan fingerprint density at radius 2 is 1.82 bits per heavy atom. The van der Waals surface area contributed by atoms with Gasteiger partial charge in [-0.3, -0.25) is 0 Å². The first-order chi connectivity index (χ1) is 15.6. The second-order valence-corrected chi connectivity index (χ2v) is 11.9. The maximum atomic E-state index is 12.3. The van der Waals surface area contributed by atoms with Crippen molar-refractivity contribution in [2.45, 2.75) is 70.6 Å². The Labute approximate surface area is 205 Å². The summed E-state index contributed by atoms with van der Waals surface area (Å²) in [7, 11) is 1.02. The zero-order chi connectivity index (χ0) is 23.8. The summed E-state index contributed by atoms with van der Waals surface area (Å²) in [6.07, 6.45) is 8.29. The van der Waals surface area contributed by atoms with Gasteiger partial charge in [0.15, 0.2) is 0 Å². The first-order valence-electron chi connectivity index (χ1n) is 12.1. The number of ether oxygens (including phenoxy) is 2. The Hall–Kier alpha value is -1.91. The van der Waals surface area contributed by atoms with Gasteiger partial charge < -0.3 is 24.7 Å². The van der Waals surface area contributed by atoms with E-state index >= 15 is 0 Å². The Bertz CT molecular complexity index is 877. The first-order valence-corrected chi connectivity index (χ1v) is 13.6. The number of pyridine rings is 1. The second-order valence-electron chi connectivity index (χ2n) is 10.5. The summed E-state index contributed by atoms with van der Waals surface area (Å²) in [6.45, 7) is 8.97. The molecule has 0 saturated carbocycles. The number of fused-ring (bicyclic) bond motifs is 1. The average molecular weight is 497 g/mol. The smallest absolute Gasteiger partial charge is 0.410 e. The van der Waals surface area contributed by atoms with E-state index in [2.05, 4.69) is 16.0 Å². The molecule has 9 nitrogen and oxygen atoms in total. The number of amides is 1. The molecular formula is C24H40N4O5S. The van der Waals surface area contributed by atoms with E-state index in [0.29, 0.717) is 25.0 Å². The lowest BCUT2D eigenvalue weighted by Crippen LogP contribution is -2.44. The summed E-state index contributed by atoms with van der Waals surface area (Å²) < 4.78 is 25.5. The highest BCUT2D eigenvalue weighted by Gasteiger charge is 2.35. The average Bonchev–Trinajstić information content (AvgIpc) is 3.21. The number of hydrogen-bond donors (Lipinski definition) is 0. The van der Waals surface area contributed by atoms with Crippen molar-refractivity contribution in [3.63, 3.8) is 0 Å². The lowest BCUT2D eigenvalue weighted by atomic mass is 9.89. The van der Waals surface area contributed by atoms with Gasteiger partial charge in [0.1, 0.15) is 23.3 Å². The van der Waals surface area contributed by atoms with Crippen LogP contribution in [-0.4, -0.2) is 87.2 Å². The molecule has 34 heavy (non-hydrogen) atoms. The minimum absolute atomic E-state index is 0. The maximum Gasteiger partial charge on any atom is 0.410 e. The van der Waals surface area contributed by atoms with Gasteiger partial charge in [0.2, 0.25) is 0 Å². The fourth-order valence-corrected chi connectivity index (χ4v) is 5.67. The number of hydrogen-bond acceptors (Lipinski definition) is 6. The molecule has 1 amide bonds. The molecule has 2 N–H and O–H groups in total. The molecule has 4 rings (SSSR count). The van der Waals surface area contributed by atoms with Crippen LogP contribution in [-0.2, 0) is 22.1 Å². The van der Waals surface area contributed by atoms with Gasteiger partial charge in [-0.2, -0.15) is 0 Å². The van der Waals surface area contributed by atoms with Gasteiger partial charge in [-0.25, -0.2) is 18.3 Å². The zero-order valence-electron chi connectivity index (χ0n) is 21.1. The molecule has 10 heteroatoms. The number of nitrogens with zero attached hydrogens (tertiary/aromatic N) is 4. The molecule has 2 saturated heterocycles. The van der Waals surface area contributed by atoms with Gasteiger partial charge in [-0.1, -0.05) is 0 Å². The lowest BCUT2D eigenvalue weighted by molar-refractivity contribution is 0.0123. The minimum atomic E-state index is -0.926. The van der Waals surface area contributed by atoms with Crippen LogP contribution in [0.2, 0.25) is 0 Å². The molecule has 0 aliphatic carbocycles. The third-order valence-electron chi connectivity index (χ3n) is 7.06. The Morgan fingerprint density at radius 1 is 1.18 bits per heavy atom. The van der Waals surface area contributed by atoms with E-state index in [-0.39, 0.29) is 17.7 Å². The van der Waals surface area contributed by atoms with E-state index in [1.54, 1.807) is 6.26 Å². The molecule has 1 aromatic heterocycles. The van der Waals surface area contributed by atoms with E-state index in [9.17, 15) is 9.00 Å². The minimum Gasteiger partial charge on any atom is -0.488 e. The molecule has 0 radical (unpaired) electrons. The van der Waals surface area contributed by atoms with Gasteiger partial charge in [0.25, 0.3) is 0 Å². The fraction of sp³-hybridized carbons (Fsp3) is 0.750. The third kappa shape index (κ3) is 6.20. The van der Waals surface area contributed by atoms with Crippen LogP contribution < -0.4 is 9.64 Å². The van der Waals surface area contributed by atoms with Crippen molar-refractivity contribution in [3.05, 3.63) is 17.8 Å². The molecule has 3 aliphatic heterocycles. The van der Waals surface area contributed by atoms with Crippen molar-refractivity contribution in [3.8, 4) is 5.75 Å². The quantitative estimate of drug-likeness (QED) is 0.634. The summed E-state index contributed by atoms with van der Waals surface area (Å²) >= 11 is 0. The molecule has 0 bridgehead atoms. The highest BCUT2D eigenvalue weighted by molar-refractivity contribution is 7.81. The van der Waals surface area contributed by atoms with Gasteiger partial charge in [0, 0.05) is 57.5 Å². The predicted molar refractivity (Wildman–Crippen MR) is 134 cm³/mol. The van der Waals surface area contributed by atoms with E-state index in [4.69, 9.17) is 9.47 Å². The van der Waals surface area contributed by atoms with Crippen LogP contribution in [0, 0.1) is 5.92 Å². The van der Waals surface area contributed by atoms with Crippen molar-refractivity contribution in [2.75, 3.05) is 44.4 Å². The highest BCUT2D eigenvalue weighted by Crippen LogP contribution is 2.37. The molecule has 3 aliphatic rings. The number of likely N-dealkylation sites (tertiary alicyclic amines) is 1. The molecule has 2 unspecified atom stereocenters. The van der Waals surface area contributed by atoms with E-state index in [0.717, 1.165) is 56.8 Å². The van der Waals surface area contributed by atoms with Crippen LogP contribution in [0.4, 0.5) is 10.6 Å². The van der Waals surface area contributed by atoms with Crippen LogP contribution in [0.1, 0.15) is 52.0 Å². The zero-order valence-corrected chi connectivity index (χ0v) is 21.9. The van der Waals surface area contributed by atoms with E-state index in [1.807, 2.05) is 43.2 Å². The number of anilines is 1. The second kappa shape index (κ2) is 10.8. The van der Waals surface area contributed by atoms with Crippen LogP contribution in [0.3, 0.4) is 0 Å². The van der Waals surface area contributed by atoms with Crippen molar-refractivity contribution in [1.29, 1.82) is 0 Å². The number of rotatable bonds is 4. The molecule has 0 spiro atoms. The number of carbonyl (C=O) groups excluding carboxylic acids is 1. The Morgan fingerprint density at radius 3 is 2.41 bits per heavy atom. The molecule has 1 aromatic rings. The van der Waals surface area contributed by atoms with Crippen LogP contribution >= 0.6 is 0 Å². The van der Waals surface area contributed by atoms with Gasteiger partial charge in [-0.15, -0.1) is 0 Å². The maximum absolute atomic E-state index is 12.3. The SMILES string of the molecule is CN(C1CCN(c2cc3c(cn2)OC(C2CCN(C(=O)OC(C)(C)C)CC2)C3)CC1)S(C)=O.O. The van der Waals surface area contributed by atoms with Crippen LogP contribution in [0.25, 0.3) is 0 Å². The van der Waals surface area contributed by atoms with Crippen molar-refractivity contribution >= 4 is 22.9 Å². The highest BCUT2D eigenvalue weighted by atomic mass is 32.2. The first kappa shape index (κ1) is 26.7. The van der Waals surface area contributed by atoms with E-state index < -0.39 is 16.6 Å². The topological polar surface area (TPSA) is 107 Å². The van der Waals surface area contributed by atoms with Gasteiger partial charge in [0.05, 0.1) is 17.2 Å². The Balaban J connectivity index is 0.00000324. The summed E-state index contributed by atoms with van der Waals surface area (Å²) in [5.41, 5.74) is 0.767. The third-order valence-corrected chi connectivity index (χ3v) is 8.17. The summed E-state index contributed by atoms with van der Waals surface area (Å²) in [5.74, 6) is 2.34. The molecular weight excluding hydrogens is 456 g/mol. The number of piperidine rings is 2. The van der Waals surface area contributed by atoms with Gasteiger partial charge in [-0.05, 0) is 58.4 Å². The Kier molecular flexibility index (Phi) is 8.47. The van der Waals surface area contributed by atoms with Crippen molar-refractivity contribution in [1.82, 2.24) is 14.2 Å². The number of aromatic nitrogens is 1. The molecule has 2 atom stereocenters. The van der Waals surface area contributed by atoms with Crippen molar-refractivity contribution < 1.29 is 24.0 Å². The van der Waals surface area contributed by atoms with Gasteiger partial charge >= 0.3 is 6.09 Å². The van der Waals surface area contributed by atoms with Crippen LogP contribution in [0.5, 0.6) is 5.75 Å². The summed E-state index contributed by atoms with van der Waals surface area (Å²) in [5, 5.41) is 0. The molecule has 0 aromatic carbocycles.